The second kappa shape index (κ2) is 5.09. The molecule has 4 N–H and O–H groups in total. The Labute approximate surface area is 66.8 Å². The Balaban J connectivity index is 3.68. The summed E-state index contributed by atoms with van der Waals surface area (Å²) in [6.07, 6.45) is 0. The highest BCUT2D eigenvalue weighted by molar-refractivity contribution is 5.78. The lowest BCUT2D eigenvalue weighted by Crippen LogP contribution is -2.40. The molecule has 0 aliphatic rings. The molecule has 4 heteroatoms. The van der Waals surface area contributed by atoms with Crippen molar-refractivity contribution in [1.29, 1.82) is 0 Å². The normalized spacial score (nSPS) is 15.6. The van der Waals surface area contributed by atoms with Crippen LogP contribution < -0.4 is 11.1 Å². The largest absolute Gasteiger partial charge is 0.394 e. The van der Waals surface area contributed by atoms with Gasteiger partial charge in [0.1, 0.15) is 0 Å². The highest BCUT2D eigenvalue weighted by atomic mass is 16.3. The van der Waals surface area contributed by atoms with Crippen molar-refractivity contribution in [2.24, 2.45) is 11.7 Å². The van der Waals surface area contributed by atoms with Crippen molar-refractivity contribution in [2.45, 2.75) is 19.9 Å². The smallest absolute Gasteiger partial charge is 0.224 e. The van der Waals surface area contributed by atoms with E-state index in [9.17, 15) is 4.79 Å². The fourth-order valence-electron chi connectivity index (χ4n) is 0.538. The number of carbonyl (C=O) groups is 1. The second-order valence-corrected chi connectivity index (χ2v) is 2.73. The van der Waals surface area contributed by atoms with Gasteiger partial charge in [-0.15, -0.1) is 0 Å². The minimum atomic E-state index is -0.184. The Hall–Kier alpha value is -0.610. The summed E-state index contributed by atoms with van der Waals surface area (Å²) in [5.74, 6) is -0.280. The van der Waals surface area contributed by atoms with Gasteiger partial charge < -0.3 is 16.2 Å². The third-order valence-electron chi connectivity index (χ3n) is 1.46. The van der Waals surface area contributed by atoms with E-state index in [0.29, 0.717) is 6.54 Å². The Morgan fingerprint density at radius 3 is 2.55 bits per heavy atom. The van der Waals surface area contributed by atoms with Gasteiger partial charge in [0, 0.05) is 18.5 Å². The third kappa shape index (κ3) is 3.95. The first-order valence-corrected chi connectivity index (χ1v) is 3.73. The van der Waals surface area contributed by atoms with E-state index in [2.05, 4.69) is 5.32 Å². The molecule has 11 heavy (non-hydrogen) atoms. The lowest BCUT2D eigenvalue weighted by molar-refractivity contribution is -0.125. The number of hydrogen-bond donors (Lipinski definition) is 3. The lowest BCUT2D eigenvalue weighted by atomic mass is 10.1. The summed E-state index contributed by atoms with van der Waals surface area (Å²) in [6, 6.07) is -0.184. The predicted octanol–water partition coefficient (Wildman–Crippen LogP) is -0.922. The van der Waals surface area contributed by atoms with Crippen molar-refractivity contribution < 1.29 is 9.90 Å². The summed E-state index contributed by atoms with van der Waals surface area (Å²) < 4.78 is 0. The van der Waals surface area contributed by atoms with Crippen LogP contribution in [0.1, 0.15) is 13.8 Å². The molecular formula is C7H16N2O2. The molecule has 0 saturated carbocycles. The first-order chi connectivity index (χ1) is 5.11. The summed E-state index contributed by atoms with van der Waals surface area (Å²) in [4.78, 5) is 11.0. The van der Waals surface area contributed by atoms with Crippen molar-refractivity contribution in [1.82, 2.24) is 5.32 Å². The topological polar surface area (TPSA) is 75.4 Å². The monoisotopic (exact) mass is 160 g/mol. The maximum Gasteiger partial charge on any atom is 0.224 e. The van der Waals surface area contributed by atoms with Crippen LogP contribution in [0.5, 0.6) is 0 Å². The number of amides is 1. The van der Waals surface area contributed by atoms with Crippen LogP contribution >= 0.6 is 0 Å². The van der Waals surface area contributed by atoms with Crippen molar-refractivity contribution in [3.8, 4) is 0 Å². The fourth-order valence-corrected chi connectivity index (χ4v) is 0.538. The summed E-state index contributed by atoms with van der Waals surface area (Å²) in [5, 5.41) is 11.2. The van der Waals surface area contributed by atoms with Crippen molar-refractivity contribution >= 4 is 5.91 Å². The quantitative estimate of drug-likeness (QED) is 0.498. The van der Waals surface area contributed by atoms with Gasteiger partial charge in [0.2, 0.25) is 5.91 Å². The Bertz CT molecular complexity index is 128. The van der Waals surface area contributed by atoms with Gasteiger partial charge in [0.15, 0.2) is 0 Å². The standard InChI is InChI=1S/C7H16N2O2/c1-5(3-8)7(11)9-6(2)4-10/h5-6,10H,3-4,8H2,1-2H3,(H,9,11)/t5?,6-/m1/s1. The highest BCUT2D eigenvalue weighted by Gasteiger charge is 2.12. The van der Waals surface area contributed by atoms with Crippen LogP contribution in [0, 0.1) is 5.92 Å². The van der Waals surface area contributed by atoms with Gasteiger partial charge in [0.25, 0.3) is 0 Å². The zero-order valence-electron chi connectivity index (χ0n) is 7.00. The van der Waals surface area contributed by atoms with Gasteiger partial charge in [-0.1, -0.05) is 6.92 Å². The van der Waals surface area contributed by atoms with E-state index in [0.717, 1.165) is 0 Å². The summed E-state index contributed by atoms with van der Waals surface area (Å²) in [7, 11) is 0. The minimum absolute atomic E-state index is 0.0387. The van der Waals surface area contributed by atoms with E-state index in [-0.39, 0.29) is 24.5 Å². The SMILES string of the molecule is CC(CN)C(=O)N[C@H](C)CO. The van der Waals surface area contributed by atoms with Crippen LogP contribution in [0.4, 0.5) is 0 Å². The number of hydrogen-bond acceptors (Lipinski definition) is 3. The number of aliphatic hydroxyl groups excluding tert-OH is 1. The van der Waals surface area contributed by atoms with Gasteiger partial charge >= 0.3 is 0 Å². The summed E-state index contributed by atoms with van der Waals surface area (Å²) >= 11 is 0. The van der Waals surface area contributed by atoms with E-state index < -0.39 is 0 Å². The van der Waals surface area contributed by atoms with Gasteiger partial charge in [-0.25, -0.2) is 0 Å². The van der Waals surface area contributed by atoms with Crippen LogP contribution in [-0.2, 0) is 4.79 Å². The number of nitrogens with two attached hydrogens (primary N) is 1. The van der Waals surface area contributed by atoms with E-state index in [4.69, 9.17) is 10.8 Å². The molecule has 0 spiro atoms. The van der Waals surface area contributed by atoms with Gasteiger partial charge in [-0.2, -0.15) is 0 Å². The number of nitrogens with one attached hydrogen (secondary N) is 1. The van der Waals surface area contributed by atoms with Crippen LogP contribution in [0.3, 0.4) is 0 Å². The van der Waals surface area contributed by atoms with E-state index >= 15 is 0 Å². The Morgan fingerprint density at radius 2 is 2.18 bits per heavy atom. The molecule has 0 aromatic carbocycles. The minimum Gasteiger partial charge on any atom is -0.394 e. The van der Waals surface area contributed by atoms with Crippen LogP contribution in [0.2, 0.25) is 0 Å². The molecule has 1 unspecified atom stereocenters. The molecule has 0 heterocycles. The van der Waals surface area contributed by atoms with Crippen molar-refractivity contribution in [2.75, 3.05) is 13.2 Å². The molecule has 0 bridgehead atoms. The molecule has 1 amide bonds. The Kier molecular flexibility index (Phi) is 4.81. The average molecular weight is 160 g/mol. The fraction of sp³-hybridized carbons (Fsp3) is 0.857. The van der Waals surface area contributed by atoms with E-state index in [1.165, 1.54) is 0 Å². The van der Waals surface area contributed by atoms with Crippen molar-refractivity contribution in [3.05, 3.63) is 0 Å². The average Bonchev–Trinajstić information content (AvgIpc) is 2.02. The first kappa shape index (κ1) is 10.4. The van der Waals surface area contributed by atoms with Gasteiger partial charge in [0.05, 0.1) is 6.61 Å². The second-order valence-electron chi connectivity index (χ2n) is 2.73. The molecule has 0 aromatic heterocycles. The maximum absolute atomic E-state index is 11.0. The molecule has 0 radical (unpaired) electrons. The highest BCUT2D eigenvalue weighted by Crippen LogP contribution is 1.91. The molecule has 0 aromatic rings. The maximum atomic E-state index is 11.0. The van der Waals surface area contributed by atoms with Crippen molar-refractivity contribution in [3.63, 3.8) is 0 Å². The van der Waals surface area contributed by atoms with Crippen LogP contribution in [0.25, 0.3) is 0 Å². The molecule has 66 valence electrons. The summed E-state index contributed by atoms with van der Waals surface area (Å²) in [6.45, 7) is 3.79. The molecule has 0 fully saturated rings. The Morgan fingerprint density at radius 1 is 1.64 bits per heavy atom. The number of aliphatic hydroxyl groups is 1. The molecule has 2 atom stereocenters. The van der Waals surface area contributed by atoms with E-state index in [1.807, 2.05) is 0 Å². The molecular weight excluding hydrogens is 144 g/mol. The summed E-state index contributed by atoms with van der Waals surface area (Å²) in [5.41, 5.74) is 5.27. The van der Waals surface area contributed by atoms with Gasteiger partial charge in [-0.3, -0.25) is 4.79 Å². The molecule has 0 rings (SSSR count). The predicted molar refractivity (Wildman–Crippen MR) is 42.9 cm³/mol. The third-order valence-corrected chi connectivity index (χ3v) is 1.46. The zero-order valence-corrected chi connectivity index (χ0v) is 7.00. The van der Waals surface area contributed by atoms with Crippen LogP contribution in [-0.4, -0.2) is 30.2 Å². The van der Waals surface area contributed by atoms with Crippen LogP contribution in [0.15, 0.2) is 0 Å². The lowest BCUT2D eigenvalue weighted by Gasteiger charge is -2.13. The number of rotatable bonds is 4. The first-order valence-electron chi connectivity index (χ1n) is 3.73. The molecule has 4 nitrogen and oxygen atoms in total. The molecule has 0 aliphatic heterocycles. The van der Waals surface area contributed by atoms with Gasteiger partial charge in [-0.05, 0) is 6.92 Å². The molecule has 0 aliphatic carbocycles. The number of carbonyl (C=O) groups excluding carboxylic acids is 1. The zero-order chi connectivity index (χ0) is 8.85. The van der Waals surface area contributed by atoms with E-state index in [1.54, 1.807) is 13.8 Å². The molecule has 0 saturated heterocycles.